The zero-order chi connectivity index (χ0) is 51.6. The van der Waals surface area contributed by atoms with Gasteiger partial charge in [-0.15, -0.1) is 45.3 Å². The average Bonchev–Trinajstić information content (AvgIpc) is 4.25. The summed E-state index contributed by atoms with van der Waals surface area (Å²) in [5, 5.41) is 9.05. The van der Waals surface area contributed by atoms with Crippen molar-refractivity contribution >= 4 is 162 Å². The van der Waals surface area contributed by atoms with Gasteiger partial charge in [-0.2, -0.15) is 0 Å². The second-order valence-electron chi connectivity index (χ2n) is 18.8. The Labute approximate surface area is 493 Å². The molecule has 0 fully saturated rings. The van der Waals surface area contributed by atoms with E-state index in [0.717, 1.165) is 52.2 Å². The maximum atomic E-state index is 5.07. The number of thiophene rings is 4. The first-order chi connectivity index (χ1) is 35.8. The van der Waals surface area contributed by atoms with Crippen molar-refractivity contribution in [3.63, 3.8) is 0 Å². The number of halogens is 2. The van der Waals surface area contributed by atoms with Gasteiger partial charge in [0.15, 0.2) is 19.3 Å². The van der Waals surface area contributed by atoms with Crippen molar-refractivity contribution in [2.24, 2.45) is 4.30 Å². The minimum absolute atomic E-state index is 1.08. The number of aromatic nitrogens is 4. The van der Waals surface area contributed by atoms with Crippen LogP contribution in [0.1, 0.15) is 204 Å². The number of thiazole rings is 4. The first kappa shape index (κ1) is 61.2. The van der Waals surface area contributed by atoms with E-state index in [4.69, 9.17) is 19.9 Å². The number of unbranched alkanes of at least 4 members (excludes halogenated alkanes) is 20. The van der Waals surface area contributed by atoms with Gasteiger partial charge < -0.3 is 0 Å². The predicted octanol–water partition coefficient (Wildman–Crippen LogP) is 23.7. The Morgan fingerprint density at radius 2 is 0.658 bits per heavy atom. The van der Waals surface area contributed by atoms with Crippen molar-refractivity contribution < 1.29 is 0 Å². The molecule has 0 saturated carbocycles. The number of thiol groups is 1. The minimum atomic E-state index is 1.08. The molecule has 0 saturated heterocycles. The molecule has 0 spiro atoms. The third-order valence-electron chi connectivity index (χ3n) is 13.0. The molecule has 8 rings (SSSR count). The molecule has 0 atom stereocenters. The van der Waals surface area contributed by atoms with Crippen molar-refractivity contribution in [3.05, 3.63) is 64.9 Å². The van der Waals surface area contributed by atoms with Crippen LogP contribution in [-0.2, 0) is 25.7 Å². The van der Waals surface area contributed by atoms with E-state index in [0.29, 0.717) is 0 Å². The summed E-state index contributed by atoms with van der Waals surface area (Å²) in [7, 11) is 4.34. The molecule has 73 heavy (non-hydrogen) atoms. The van der Waals surface area contributed by atoms with E-state index in [1.54, 1.807) is 45.3 Å². The molecule has 0 unspecified atom stereocenters. The number of hydrogen-bond donors (Lipinski definition) is 1. The topological polar surface area (TPSA) is 63.9 Å². The molecule has 0 bridgehead atoms. The fraction of sp³-hybridized carbons (Fsp3) is 0.571. The van der Waals surface area contributed by atoms with E-state index in [2.05, 4.69) is 119 Å². The third-order valence-corrected chi connectivity index (χ3v) is 22.9. The Hall–Kier alpha value is -0.985. The first-order valence-electron chi connectivity index (χ1n) is 27.1. The fourth-order valence-corrected chi connectivity index (χ4v) is 18.9. The average molecular weight is 1280 g/mol. The standard InChI is InChI=1S/C28H36Br2N2S4.C28H38N2S4.BHNS/c1-3-5-7-9-11-13-15-19-17-21(29)33-23(19)25-31-27-28(35-25)32-26(36-27)24-20(18-22(30)34-24)16-14-12-10-8-6-4-2;1-3-5-7-9-11-13-15-21-17-19-31-23(21)25-29-27-28(33-25)30-26(34-27)24-22(18-20-32-24)16-14-12-10-8-6-4-2;1-2-3/h17-18H,3-16H2,1-2H3;17-20H,3-16H2,1-2H3;3H. The summed E-state index contributed by atoms with van der Waals surface area (Å²) in [6.07, 6.45) is 36.7. The predicted molar refractivity (Wildman–Crippen MR) is 345 cm³/mol. The summed E-state index contributed by atoms with van der Waals surface area (Å²) < 4.78 is 5.10. The number of hydrogen-bond acceptors (Lipinski definition) is 14. The van der Waals surface area contributed by atoms with Crippen LogP contribution in [0.3, 0.4) is 0 Å². The van der Waals surface area contributed by atoms with Crippen LogP contribution in [-0.4, -0.2) is 27.6 Å². The van der Waals surface area contributed by atoms with E-state index >= 15 is 0 Å². The normalized spacial score (nSPS) is 11.4. The first-order valence-corrected chi connectivity index (χ1v) is 35.7. The van der Waals surface area contributed by atoms with Crippen molar-refractivity contribution in [2.75, 3.05) is 0 Å². The maximum absolute atomic E-state index is 5.07. The second kappa shape index (κ2) is 34.8. The fourth-order valence-electron chi connectivity index (χ4n) is 9.02. The Balaban J connectivity index is 0.000000226. The van der Waals surface area contributed by atoms with Gasteiger partial charge in [0.25, 0.3) is 0 Å². The van der Waals surface area contributed by atoms with E-state index in [-0.39, 0.29) is 0 Å². The Morgan fingerprint density at radius 1 is 0.397 bits per heavy atom. The molecular formula is C56H75BBr2N5S9. The molecule has 0 aliphatic rings. The molecule has 0 N–H and O–H groups in total. The van der Waals surface area contributed by atoms with Crippen LogP contribution in [0.15, 0.2) is 46.9 Å². The molecule has 8 aromatic heterocycles. The molecule has 395 valence electrons. The number of fused-ring (bicyclic) bond motifs is 2. The summed E-state index contributed by atoms with van der Waals surface area (Å²) in [5.41, 5.74) is 5.82. The van der Waals surface area contributed by atoms with Crippen LogP contribution in [0.2, 0.25) is 0 Å². The molecule has 8 heterocycles. The summed E-state index contributed by atoms with van der Waals surface area (Å²) in [4.78, 5) is 30.0. The van der Waals surface area contributed by atoms with Crippen LogP contribution in [0.5, 0.6) is 0 Å². The number of aryl methyl sites for hydroxylation is 4. The molecule has 0 amide bonds. The van der Waals surface area contributed by atoms with E-state index in [1.165, 1.54) is 216 Å². The van der Waals surface area contributed by atoms with Gasteiger partial charge in [0, 0.05) is 0 Å². The quantitative estimate of drug-likeness (QED) is 0.0259. The second-order valence-corrected chi connectivity index (χ2v) is 29.7. The van der Waals surface area contributed by atoms with Crippen molar-refractivity contribution in [1.82, 2.24) is 19.9 Å². The molecular weight excluding hydrogens is 1200 g/mol. The van der Waals surface area contributed by atoms with Gasteiger partial charge in [-0.1, -0.05) is 201 Å². The monoisotopic (exact) mass is 1270 g/mol. The van der Waals surface area contributed by atoms with Gasteiger partial charge in [-0.3, -0.25) is 0 Å². The molecule has 0 aliphatic heterocycles. The third kappa shape index (κ3) is 19.7. The summed E-state index contributed by atoms with van der Waals surface area (Å²) in [6, 6.07) is 9.22. The SMILES string of the molecule is CCCCCCCCc1cc(Br)sc1-c1nc2sc(-c3sc(Br)cc3CCCCCCCC)nc2s1.CCCCCCCCc1ccsc1-c1nc2sc(-c3sccc3CCCCCCCC)nc2s1.[B]=NS. The van der Waals surface area contributed by atoms with Gasteiger partial charge in [-0.25, -0.2) is 19.9 Å². The Morgan fingerprint density at radius 3 is 0.959 bits per heavy atom. The summed E-state index contributed by atoms with van der Waals surface area (Å²) in [6.45, 7) is 9.12. The summed E-state index contributed by atoms with van der Waals surface area (Å²) >= 11 is 25.0. The summed E-state index contributed by atoms with van der Waals surface area (Å²) in [5.74, 6) is 0. The molecule has 0 aromatic carbocycles. The Kier molecular flexibility index (Phi) is 29.2. The van der Waals surface area contributed by atoms with Gasteiger partial charge in [0.2, 0.25) is 0 Å². The number of rotatable bonds is 32. The Bertz CT molecular complexity index is 2530. The van der Waals surface area contributed by atoms with Crippen molar-refractivity contribution in [2.45, 2.75) is 207 Å². The van der Waals surface area contributed by atoms with Gasteiger partial charge in [0.05, 0.1) is 27.1 Å². The molecule has 17 heteroatoms. The van der Waals surface area contributed by atoms with Crippen LogP contribution < -0.4 is 0 Å². The van der Waals surface area contributed by atoms with Crippen LogP contribution >= 0.6 is 135 Å². The molecule has 8 aromatic rings. The van der Waals surface area contributed by atoms with Crippen LogP contribution in [0.25, 0.3) is 58.9 Å². The van der Waals surface area contributed by atoms with Crippen LogP contribution in [0.4, 0.5) is 0 Å². The zero-order valence-corrected chi connectivity index (χ0v) is 54.1. The van der Waals surface area contributed by atoms with Crippen molar-refractivity contribution in [1.29, 1.82) is 0 Å². The van der Waals surface area contributed by atoms with Gasteiger partial charge >= 0.3 is 24.8 Å². The van der Waals surface area contributed by atoms with Crippen molar-refractivity contribution in [3.8, 4) is 39.5 Å². The van der Waals surface area contributed by atoms with E-state index < -0.39 is 0 Å². The number of nitrogens with zero attached hydrogens (tertiary/aromatic N) is 5. The van der Waals surface area contributed by atoms with E-state index in [1.807, 2.05) is 45.3 Å². The van der Waals surface area contributed by atoms with Gasteiger partial charge in [-0.05, 0) is 141 Å². The zero-order valence-electron chi connectivity index (χ0n) is 43.5. The molecule has 1 radical (unpaired) electrons. The van der Waals surface area contributed by atoms with Crippen LogP contribution in [0, 0.1) is 0 Å². The molecule has 0 aliphatic carbocycles. The van der Waals surface area contributed by atoms with E-state index in [9.17, 15) is 0 Å². The van der Waals surface area contributed by atoms with Gasteiger partial charge in [0.1, 0.15) is 20.0 Å². The molecule has 5 nitrogen and oxygen atoms in total.